The highest BCUT2D eigenvalue weighted by Crippen LogP contribution is 2.29. The fourth-order valence-electron chi connectivity index (χ4n) is 2.83. The lowest BCUT2D eigenvalue weighted by Crippen LogP contribution is -2.61. The van der Waals surface area contributed by atoms with Gasteiger partial charge in [-0.05, 0) is 45.0 Å². The van der Waals surface area contributed by atoms with Gasteiger partial charge in [0.1, 0.15) is 0 Å². The SMILES string of the molecule is CC1CNC(C)(C)CN1c1cccc2ncccc12. The molecular formula is C16H21N3. The van der Waals surface area contributed by atoms with Crippen LogP contribution in [0.25, 0.3) is 10.9 Å². The zero-order chi connectivity index (χ0) is 13.5. The van der Waals surface area contributed by atoms with E-state index in [1.807, 2.05) is 12.3 Å². The van der Waals surface area contributed by atoms with E-state index in [4.69, 9.17) is 0 Å². The molecule has 0 bridgehead atoms. The summed E-state index contributed by atoms with van der Waals surface area (Å²) in [6, 6.07) is 11.1. The number of hydrogen-bond donors (Lipinski definition) is 1. The van der Waals surface area contributed by atoms with Crippen LogP contribution in [0.3, 0.4) is 0 Å². The summed E-state index contributed by atoms with van der Waals surface area (Å²) in [6.07, 6.45) is 1.86. The molecule has 1 N–H and O–H groups in total. The van der Waals surface area contributed by atoms with Crippen molar-refractivity contribution in [3.05, 3.63) is 36.5 Å². The van der Waals surface area contributed by atoms with Crippen LogP contribution in [0.4, 0.5) is 5.69 Å². The quantitative estimate of drug-likeness (QED) is 0.849. The molecule has 3 heteroatoms. The lowest BCUT2D eigenvalue weighted by molar-refractivity contribution is 0.318. The van der Waals surface area contributed by atoms with Crippen LogP contribution in [-0.4, -0.2) is 29.7 Å². The molecule has 1 unspecified atom stereocenters. The molecule has 2 aromatic rings. The number of hydrogen-bond acceptors (Lipinski definition) is 3. The Morgan fingerprint density at radius 3 is 2.95 bits per heavy atom. The normalized spacial score (nSPS) is 22.7. The largest absolute Gasteiger partial charge is 0.365 e. The molecule has 1 aliphatic heterocycles. The third-order valence-corrected chi connectivity index (χ3v) is 3.91. The summed E-state index contributed by atoms with van der Waals surface area (Å²) >= 11 is 0. The minimum atomic E-state index is 0.150. The molecule has 1 aromatic heterocycles. The van der Waals surface area contributed by atoms with Crippen LogP contribution in [0.2, 0.25) is 0 Å². The number of piperazine rings is 1. The average Bonchev–Trinajstić information content (AvgIpc) is 2.41. The van der Waals surface area contributed by atoms with Gasteiger partial charge in [0.05, 0.1) is 5.52 Å². The fraction of sp³-hybridized carbons (Fsp3) is 0.438. The summed E-state index contributed by atoms with van der Waals surface area (Å²) in [6.45, 7) is 8.83. The number of pyridine rings is 1. The Balaban J connectivity index is 2.08. The van der Waals surface area contributed by atoms with E-state index < -0.39 is 0 Å². The van der Waals surface area contributed by atoms with Crippen molar-refractivity contribution in [3.63, 3.8) is 0 Å². The number of fused-ring (bicyclic) bond motifs is 1. The molecule has 0 aliphatic carbocycles. The van der Waals surface area contributed by atoms with Crippen LogP contribution in [0, 0.1) is 0 Å². The van der Waals surface area contributed by atoms with Gasteiger partial charge in [-0.15, -0.1) is 0 Å². The van der Waals surface area contributed by atoms with Crippen molar-refractivity contribution in [2.24, 2.45) is 0 Å². The van der Waals surface area contributed by atoms with E-state index in [2.05, 4.69) is 60.2 Å². The molecule has 3 rings (SSSR count). The van der Waals surface area contributed by atoms with Crippen molar-refractivity contribution in [1.82, 2.24) is 10.3 Å². The van der Waals surface area contributed by atoms with Gasteiger partial charge >= 0.3 is 0 Å². The maximum absolute atomic E-state index is 4.46. The average molecular weight is 255 g/mol. The Morgan fingerprint density at radius 1 is 1.26 bits per heavy atom. The van der Waals surface area contributed by atoms with E-state index in [1.165, 1.54) is 11.1 Å². The lowest BCUT2D eigenvalue weighted by atomic mass is 9.98. The van der Waals surface area contributed by atoms with Gasteiger partial charge in [0, 0.05) is 41.9 Å². The molecule has 100 valence electrons. The van der Waals surface area contributed by atoms with Crippen molar-refractivity contribution in [1.29, 1.82) is 0 Å². The second-order valence-electron chi connectivity index (χ2n) is 6.09. The molecule has 2 heterocycles. The Bertz CT molecular complexity index is 586. The second kappa shape index (κ2) is 4.49. The molecule has 0 amide bonds. The van der Waals surface area contributed by atoms with Crippen LogP contribution in [0.5, 0.6) is 0 Å². The summed E-state index contributed by atoms with van der Waals surface area (Å²) in [7, 11) is 0. The maximum Gasteiger partial charge on any atom is 0.0722 e. The van der Waals surface area contributed by atoms with E-state index in [1.54, 1.807) is 0 Å². The van der Waals surface area contributed by atoms with Crippen molar-refractivity contribution in [3.8, 4) is 0 Å². The molecular weight excluding hydrogens is 234 g/mol. The summed E-state index contributed by atoms with van der Waals surface area (Å²) in [5.41, 5.74) is 2.52. The zero-order valence-corrected chi connectivity index (χ0v) is 11.9. The van der Waals surface area contributed by atoms with Crippen LogP contribution >= 0.6 is 0 Å². The Morgan fingerprint density at radius 2 is 2.11 bits per heavy atom. The highest BCUT2D eigenvalue weighted by Gasteiger charge is 2.30. The number of rotatable bonds is 1. The minimum Gasteiger partial charge on any atom is -0.365 e. The lowest BCUT2D eigenvalue weighted by Gasteiger charge is -2.45. The van der Waals surface area contributed by atoms with Gasteiger partial charge in [0.15, 0.2) is 0 Å². The molecule has 1 atom stereocenters. The van der Waals surface area contributed by atoms with Gasteiger partial charge in [-0.1, -0.05) is 6.07 Å². The molecule has 1 saturated heterocycles. The number of nitrogens with zero attached hydrogens (tertiary/aromatic N) is 2. The predicted octanol–water partition coefficient (Wildman–Crippen LogP) is 2.81. The first-order valence-electron chi connectivity index (χ1n) is 6.92. The van der Waals surface area contributed by atoms with Crippen molar-refractivity contribution in [2.45, 2.75) is 32.4 Å². The highest BCUT2D eigenvalue weighted by atomic mass is 15.2. The van der Waals surface area contributed by atoms with Gasteiger partial charge in [0.2, 0.25) is 0 Å². The molecule has 0 radical (unpaired) electrons. The Hall–Kier alpha value is -1.61. The molecule has 1 fully saturated rings. The minimum absolute atomic E-state index is 0.150. The van der Waals surface area contributed by atoms with Gasteiger partial charge < -0.3 is 10.2 Å². The highest BCUT2D eigenvalue weighted by molar-refractivity contribution is 5.91. The number of anilines is 1. The third-order valence-electron chi connectivity index (χ3n) is 3.91. The number of nitrogens with one attached hydrogen (secondary N) is 1. The monoisotopic (exact) mass is 255 g/mol. The van der Waals surface area contributed by atoms with E-state index in [9.17, 15) is 0 Å². The van der Waals surface area contributed by atoms with Crippen molar-refractivity contribution >= 4 is 16.6 Å². The summed E-state index contributed by atoms with van der Waals surface area (Å²) in [5, 5.41) is 4.84. The Kier molecular flexibility index (Phi) is 2.94. The van der Waals surface area contributed by atoms with Gasteiger partial charge in [-0.2, -0.15) is 0 Å². The molecule has 19 heavy (non-hydrogen) atoms. The van der Waals surface area contributed by atoms with E-state index in [0.717, 1.165) is 18.6 Å². The van der Waals surface area contributed by atoms with E-state index in [-0.39, 0.29) is 5.54 Å². The molecule has 1 aliphatic rings. The maximum atomic E-state index is 4.46. The van der Waals surface area contributed by atoms with Crippen molar-refractivity contribution < 1.29 is 0 Å². The van der Waals surface area contributed by atoms with Gasteiger partial charge in [0.25, 0.3) is 0 Å². The Labute approximate surface area is 114 Å². The first-order chi connectivity index (χ1) is 9.07. The molecule has 0 saturated carbocycles. The zero-order valence-electron chi connectivity index (χ0n) is 11.9. The van der Waals surface area contributed by atoms with E-state index >= 15 is 0 Å². The van der Waals surface area contributed by atoms with Gasteiger partial charge in [-0.25, -0.2) is 0 Å². The van der Waals surface area contributed by atoms with Gasteiger partial charge in [-0.3, -0.25) is 4.98 Å². The summed E-state index contributed by atoms with van der Waals surface area (Å²) in [5.74, 6) is 0. The molecule has 3 nitrogen and oxygen atoms in total. The fourth-order valence-corrected chi connectivity index (χ4v) is 2.83. The topological polar surface area (TPSA) is 28.2 Å². The van der Waals surface area contributed by atoms with Crippen LogP contribution in [0.15, 0.2) is 36.5 Å². The first kappa shape index (κ1) is 12.4. The molecule has 1 aromatic carbocycles. The first-order valence-corrected chi connectivity index (χ1v) is 6.92. The predicted molar refractivity (Wildman–Crippen MR) is 80.6 cm³/mol. The van der Waals surface area contributed by atoms with Crippen LogP contribution < -0.4 is 10.2 Å². The smallest absolute Gasteiger partial charge is 0.0722 e. The summed E-state index contributed by atoms with van der Waals surface area (Å²) < 4.78 is 0. The number of aromatic nitrogens is 1. The number of benzene rings is 1. The third kappa shape index (κ3) is 2.30. The van der Waals surface area contributed by atoms with Crippen molar-refractivity contribution in [2.75, 3.05) is 18.0 Å². The van der Waals surface area contributed by atoms with Crippen LogP contribution in [0.1, 0.15) is 20.8 Å². The summed E-state index contributed by atoms with van der Waals surface area (Å²) in [4.78, 5) is 6.96. The molecule has 0 spiro atoms. The standard InChI is InChI=1S/C16H21N3/c1-12-10-18-16(2,3)11-19(12)15-8-4-7-14-13(15)6-5-9-17-14/h4-9,12,18H,10-11H2,1-3H3. The second-order valence-corrected chi connectivity index (χ2v) is 6.09. The van der Waals surface area contributed by atoms with E-state index in [0.29, 0.717) is 6.04 Å². The van der Waals surface area contributed by atoms with Crippen LogP contribution in [-0.2, 0) is 0 Å².